The van der Waals surface area contributed by atoms with Gasteiger partial charge in [0, 0.05) is 12.3 Å². The Kier molecular flexibility index (Phi) is 5.36. The first kappa shape index (κ1) is 16.3. The number of alkyl halides is 3. The Morgan fingerprint density at radius 2 is 1.80 bits per heavy atom. The van der Waals surface area contributed by atoms with E-state index in [2.05, 4.69) is 11.7 Å². The van der Waals surface area contributed by atoms with Crippen LogP contribution in [0.5, 0.6) is 0 Å². The van der Waals surface area contributed by atoms with Crippen LogP contribution in [0.25, 0.3) is 0 Å². The molecule has 0 N–H and O–H groups in total. The van der Waals surface area contributed by atoms with Crippen LogP contribution in [-0.2, 0) is 17.4 Å². The number of allylic oxidation sites excluding steroid dienone is 1. The van der Waals surface area contributed by atoms with Gasteiger partial charge in [-0.3, -0.25) is 0 Å². The van der Waals surface area contributed by atoms with Crippen molar-refractivity contribution in [1.29, 1.82) is 0 Å². The van der Waals surface area contributed by atoms with Crippen LogP contribution in [0.1, 0.15) is 31.9 Å². The molecule has 0 aromatic heterocycles. The lowest BCUT2D eigenvalue weighted by molar-refractivity contribution is -0.137. The molecule has 0 fully saturated rings. The van der Waals surface area contributed by atoms with E-state index in [-0.39, 0.29) is 5.92 Å². The summed E-state index contributed by atoms with van der Waals surface area (Å²) in [5, 5.41) is 3.91. The summed E-state index contributed by atoms with van der Waals surface area (Å²) in [6.45, 7) is 9.34. The van der Waals surface area contributed by atoms with Gasteiger partial charge in [-0.25, -0.2) is 0 Å². The second kappa shape index (κ2) is 6.59. The van der Waals surface area contributed by atoms with Crippen LogP contribution in [-0.4, -0.2) is 5.71 Å². The average molecular weight is 285 g/mol. The van der Waals surface area contributed by atoms with Gasteiger partial charge < -0.3 is 4.84 Å². The third-order valence-electron chi connectivity index (χ3n) is 2.70. The van der Waals surface area contributed by atoms with Gasteiger partial charge in [0.15, 0.2) is 0 Å². The number of nitrogens with zero attached hydrogens (tertiary/aromatic N) is 1. The van der Waals surface area contributed by atoms with E-state index >= 15 is 0 Å². The maximum absolute atomic E-state index is 12.4. The number of rotatable bonds is 5. The van der Waals surface area contributed by atoms with Crippen molar-refractivity contribution in [3.05, 3.63) is 47.7 Å². The van der Waals surface area contributed by atoms with Crippen molar-refractivity contribution in [2.45, 2.75) is 33.4 Å². The highest BCUT2D eigenvalue weighted by molar-refractivity contribution is 5.83. The number of benzene rings is 1. The molecular formula is C15H18F3NO. The number of halogens is 3. The minimum absolute atomic E-state index is 0.164. The lowest BCUT2D eigenvalue weighted by Gasteiger charge is -2.08. The predicted octanol–water partition coefficient (Wildman–Crippen LogP) is 4.81. The van der Waals surface area contributed by atoms with Crippen LogP contribution in [0.4, 0.5) is 13.2 Å². The van der Waals surface area contributed by atoms with Crippen molar-refractivity contribution in [3.8, 4) is 0 Å². The fourth-order valence-electron chi connectivity index (χ4n) is 1.38. The van der Waals surface area contributed by atoms with Gasteiger partial charge in [0.05, 0.1) is 11.3 Å². The summed E-state index contributed by atoms with van der Waals surface area (Å²) in [5.41, 5.74) is 0.768. The molecule has 20 heavy (non-hydrogen) atoms. The normalized spacial score (nSPS) is 12.7. The molecule has 0 heterocycles. The summed E-state index contributed by atoms with van der Waals surface area (Å²) in [5.74, 6) is 0.717. The Morgan fingerprint density at radius 3 is 2.25 bits per heavy atom. The average Bonchev–Trinajstić information content (AvgIpc) is 2.35. The number of hydrogen-bond donors (Lipinski definition) is 0. The lowest BCUT2D eigenvalue weighted by atomic mass is 10.1. The quantitative estimate of drug-likeness (QED) is 0.432. The predicted molar refractivity (Wildman–Crippen MR) is 73.3 cm³/mol. The van der Waals surface area contributed by atoms with Crippen LogP contribution in [0.2, 0.25) is 0 Å². The Morgan fingerprint density at radius 1 is 1.25 bits per heavy atom. The summed E-state index contributed by atoms with van der Waals surface area (Å²) in [7, 11) is 0. The van der Waals surface area contributed by atoms with Crippen LogP contribution in [0.3, 0.4) is 0 Å². The highest BCUT2D eigenvalue weighted by atomic mass is 19.4. The minimum atomic E-state index is -4.31. The topological polar surface area (TPSA) is 21.6 Å². The highest BCUT2D eigenvalue weighted by Gasteiger charge is 2.29. The molecule has 0 aliphatic heterocycles. The summed E-state index contributed by atoms with van der Waals surface area (Å²) < 4.78 is 37.2. The summed E-state index contributed by atoms with van der Waals surface area (Å²) in [4.78, 5) is 5.13. The van der Waals surface area contributed by atoms with Gasteiger partial charge in [0.25, 0.3) is 0 Å². The largest absolute Gasteiger partial charge is 0.416 e. The molecule has 1 aromatic rings. The van der Waals surface area contributed by atoms with E-state index in [0.717, 1.165) is 17.7 Å². The zero-order valence-electron chi connectivity index (χ0n) is 11.8. The van der Waals surface area contributed by atoms with Crippen molar-refractivity contribution in [2.24, 2.45) is 11.1 Å². The molecule has 2 nitrogen and oxygen atoms in total. The molecule has 0 atom stereocenters. The zero-order valence-corrected chi connectivity index (χ0v) is 11.8. The molecule has 0 aliphatic carbocycles. The van der Waals surface area contributed by atoms with E-state index in [0.29, 0.717) is 17.9 Å². The summed E-state index contributed by atoms with van der Waals surface area (Å²) >= 11 is 0. The molecule has 1 rings (SSSR count). The maximum atomic E-state index is 12.4. The van der Waals surface area contributed by atoms with Crippen LogP contribution in [0, 0.1) is 5.92 Å². The van der Waals surface area contributed by atoms with Crippen molar-refractivity contribution >= 4 is 5.71 Å². The van der Waals surface area contributed by atoms with Crippen molar-refractivity contribution in [2.75, 3.05) is 0 Å². The Balaban J connectivity index is 2.65. The molecule has 0 bridgehead atoms. The van der Waals surface area contributed by atoms with Crippen molar-refractivity contribution < 1.29 is 18.0 Å². The van der Waals surface area contributed by atoms with Crippen molar-refractivity contribution in [1.82, 2.24) is 0 Å². The minimum Gasteiger partial charge on any atom is -0.362 e. The third-order valence-corrected chi connectivity index (χ3v) is 2.70. The fraction of sp³-hybridized carbons (Fsp3) is 0.400. The van der Waals surface area contributed by atoms with Gasteiger partial charge in [-0.2, -0.15) is 13.2 Å². The molecule has 0 saturated heterocycles. The molecule has 0 radical (unpaired) electrons. The molecule has 0 saturated carbocycles. The first-order chi connectivity index (χ1) is 9.20. The summed E-state index contributed by atoms with van der Waals surface area (Å²) in [6.07, 6.45) is -3.87. The van der Waals surface area contributed by atoms with Crippen molar-refractivity contribution in [3.63, 3.8) is 0 Å². The SMILES string of the molecule is C=C(O/N=C(\C)Cc1ccc(C(F)(F)F)cc1)C(C)C. The third kappa shape index (κ3) is 5.07. The van der Waals surface area contributed by atoms with E-state index in [4.69, 9.17) is 4.84 Å². The smallest absolute Gasteiger partial charge is 0.362 e. The second-order valence-corrected chi connectivity index (χ2v) is 4.91. The number of oxime groups is 1. The molecule has 110 valence electrons. The molecule has 0 amide bonds. The van der Waals surface area contributed by atoms with Gasteiger partial charge in [-0.1, -0.05) is 37.7 Å². The Labute approximate surface area is 116 Å². The van der Waals surface area contributed by atoms with Gasteiger partial charge in [0.1, 0.15) is 5.76 Å². The van der Waals surface area contributed by atoms with E-state index < -0.39 is 11.7 Å². The highest BCUT2D eigenvalue weighted by Crippen LogP contribution is 2.29. The first-order valence-corrected chi connectivity index (χ1v) is 6.25. The fourth-order valence-corrected chi connectivity index (χ4v) is 1.38. The first-order valence-electron chi connectivity index (χ1n) is 6.25. The van der Waals surface area contributed by atoms with E-state index in [1.165, 1.54) is 12.1 Å². The van der Waals surface area contributed by atoms with E-state index in [1.54, 1.807) is 6.92 Å². The molecule has 0 unspecified atom stereocenters. The van der Waals surface area contributed by atoms with Gasteiger partial charge in [-0.05, 0) is 24.6 Å². The standard InChI is InChI=1S/C15H18F3NO/c1-10(2)12(4)20-19-11(3)9-13-5-7-14(8-6-13)15(16,17)18/h5-8,10H,4,9H2,1-3H3/b19-11+. The molecule has 0 aliphatic rings. The molecule has 5 heteroatoms. The number of hydrogen-bond acceptors (Lipinski definition) is 2. The zero-order chi connectivity index (χ0) is 15.3. The maximum Gasteiger partial charge on any atom is 0.416 e. The van der Waals surface area contributed by atoms with Crippen LogP contribution >= 0.6 is 0 Å². The van der Waals surface area contributed by atoms with Gasteiger partial charge in [0.2, 0.25) is 0 Å². The second-order valence-electron chi connectivity index (χ2n) is 4.91. The monoisotopic (exact) mass is 285 g/mol. The summed E-state index contributed by atoms with van der Waals surface area (Å²) in [6, 6.07) is 5.02. The van der Waals surface area contributed by atoms with Crippen LogP contribution < -0.4 is 0 Å². The molecule has 1 aromatic carbocycles. The van der Waals surface area contributed by atoms with E-state index in [1.807, 2.05) is 13.8 Å². The Bertz CT molecular complexity index is 487. The van der Waals surface area contributed by atoms with Crippen LogP contribution in [0.15, 0.2) is 41.8 Å². The Hall–Kier alpha value is -1.78. The van der Waals surface area contributed by atoms with Gasteiger partial charge in [-0.15, -0.1) is 0 Å². The lowest BCUT2D eigenvalue weighted by Crippen LogP contribution is -2.05. The van der Waals surface area contributed by atoms with E-state index in [9.17, 15) is 13.2 Å². The molecular weight excluding hydrogens is 267 g/mol. The van der Waals surface area contributed by atoms with Gasteiger partial charge >= 0.3 is 6.18 Å². The molecule has 0 spiro atoms.